The number of benzene rings is 1. The van der Waals surface area contributed by atoms with Crippen molar-refractivity contribution in [3.05, 3.63) is 35.4 Å². The number of hydrogen-bond acceptors (Lipinski definition) is 2. The fourth-order valence-corrected chi connectivity index (χ4v) is 2.07. The largest absolute Gasteiger partial charge is 0.416 e. The summed E-state index contributed by atoms with van der Waals surface area (Å²) in [5.41, 5.74) is -0.109. The molecule has 0 atom stereocenters. The number of oxime groups is 1. The Morgan fingerprint density at radius 1 is 1.35 bits per heavy atom. The van der Waals surface area contributed by atoms with E-state index in [-0.39, 0.29) is 0 Å². The van der Waals surface area contributed by atoms with Crippen LogP contribution in [0.5, 0.6) is 0 Å². The lowest BCUT2D eigenvalue weighted by molar-refractivity contribution is -0.137. The molecule has 1 saturated carbocycles. The number of rotatable bonds is 2. The molecule has 0 unspecified atom stereocenters. The molecule has 1 aromatic rings. The van der Waals surface area contributed by atoms with Gasteiger partial charge in [0.1, 0.15) is 0 Å². The molecule has 2 rings (SSSR count). The highest BCUT2D eigenvalue weighted by Crippen LogP contribution is 2.50. The highest BCUT2D eigenvalue weighted by Gasteiger charge is 2.48. The van der Waals surface area contributed by atoms with Gasteiger partial charge in [0.15, 0.2) is 0 Å². The van der Waals surface area contributed by atoms with Crippen molar-refractivity contribution in [3.8, 4) is 0 Å². The average molecular weight is 243 g/mol. The quantitative estimate of drug-likeness (QED) is 0.480. The molecule has 5 heteroatoms. The first kappa shape index (κ1) is 12.0. The van der Waals surface area contributed by atoms with E-state index in [4.69, 9.17) is 5.21 Å². The maximum Gasteiger partial charge on any atom is 0.416 e. The highest BCUT2D eigenvalue weighted by atomic mass is 19.4. The molecule has 2 nitrogen and oxygen atoms in total. The van der Waals surface area contributed by atoms with Crippen LogP contribution in [0.1, 0.15) is 30.9 Å². The summed E-state index contributed by atoms with van der Waals surface area (Å²) in [4.78, 5) is 0. The molecule has 17 heavy (non-hydrogen) atoms. The zero-order valence-corrected chi connectivity index (χ0v) is 9.25. The molecule has 92 valence electrons. The van der Waals surface area contributed by atoms with Gasteiger partial charge < -0.3 is 5.21 Å². The van der Waals surface area contributed by atoms with E-state index in [1.54, 1.807) is 13.0 Å². The van der Waals surface area contributed by atoms with Crippen LogP contribution in [-0.4, -0.2) is 10.9 Å². The number of nitrogens with zero attached hydrogens (tertiary/aromatic N) is 1. The summed E-state index contributed by atoms with van der Waals surface area (Å²) in [5, 5.41) is 11.9. The normalized spacial score (nSPS) is 19.2. The van der Waals surface area contributed by atoms with Crippen molar-refractivity contribution in [1.29, 1.82) is 0 Å². The SMILES string of the molecule is CC(=NO)C1(c2cccc(C(F)(F)F)c2)CC1. The maximum absolute atomic E-state index is 12.6. The van der Waals surface area contributed by atoms with Gasteiger partial charge in [-0.3, -0.25) is 0 Å². The average Bonchev–Trinajstić information content (AvgIpc) is 3.08. The Morgan fingerprint density at radius 2 is 2.00 bits per heavy atom. The summed E-state index contributed by atoms with van der Waals surface area (Å²) in [6.45, 7) is 1.63. The van der Waals surface area contributed by atoms with Crippen LogP contribution in [0.3, 0.4) is 0 Å². The second-order valence-corrected chi connectivity index (χ2v) is 4.35. The minimum atomic E-state index is -4.34. The second kappa shape index (κ2) is 3.75. The van der Waals surface area contributed by atoms with Crippen LogP contribution in [0.15, 0.2) is 29.4 Å². The predicted octanol–water partition coefficient (Wildman–Crippen LogP) is 3.59. The molecule has 0 amide bonds. The van der Waals surface area contributed by atoms with Crippen molar-refractivity contribution >= 4 is 5.71 Å². The molecule has 0 aromatic heterocycles. The molecular formula is C12H12F3NO. The van der Waals surface area contributed by atoms with Crippen molar-refractivity contribution < 1.29 is 18.4 Å². The fraction of sp³-hybridized carbons (Fsp3) is 0.417. The summed E-state index contributed by atoms with van der Waals surface area (Å²) in [6.07, 6.45) is -2.88. The Kier molecular flexibility index (Phi) is 2.64. The third-order valence-electron chi connectivity index (χ3n) is 3.34. The number of hydrogen-bond donors (Lipinski definition) is 1. The Morgan fingerprint density at radius 3 is 2.47 bits per heavy atom. The Balaban J connectivity index is 2.42. The summed E-state index contributed by atoms with van der Waals surface area (Å²) >= 11 is 0. The molecule has 1 fully saturated rings. The molecule has 1 aromatic carbocycles. The minimum absolute atomic E-state index is 0.469. The second-order valence-electron chi connectivity index (χ2n) is 4.35. The molecule has 1 aliphatic carbocycles. The van der Waals surface area contributed by atoms with Gasteiger partial charge in [-0.1, -0.05) is 23.4 Å². The fourth-order valence-electron chi connectivity index (χ4n) is 2.07. The Labute approximate surface area is 96.8 Å². The number of halogens is 3. The first-order chi connectivity index (χ1) is 7.90. The molecule has 0 spiro atoms. The van der Waals surface area contributed by atoms with Crippen molar-refractivity contribution in [2.24, 2.45) is 5.16 Å². The van der Waals surface area contributed by atoms with Gasteiger partial charge in [0, 0.05) is 5.41 Å². The highest BCUT2D eigenvalue weighted by molar-refractivity contribution is 5.95. The molecule has 1 N–H and O–H groups in total. The molecule has 0 saturated heterocycles. The van der Waals surface area contributed by atoms with Gasteiger partial charge >= 0.3 is 6.18 Å². The van der Waals surface area contributed by atoms with Crippen LogP contribution in [0.4, 0.5) is 13.2 Å². The van der Waals surface area contributed by atoms with Crippen molar-refractivity contribution in [3.63, 3.8) is 0 Å². The zero-order valence-electron chi connectivity index (χ0n) is 9.25. The van der Waals surface area contributed by atoms with Crippen LogP contribution in [-0.2, 0) is 11.6 Å². The van der Waals surface area contributed by atoms with Gasteiger partial charge in [-0.15, -0.1) is 0 Å². The van der Waals surface area contributed by atoms with E-state index in [1.165, 1.54) is 6.07 Å². The van der Waals surface area contributed by atoms with E-state index in [0.29, 0.717) is 11.3 Å². The third kappa shape index (κ3) is 2.01. The van der Waals surface area contributed by atoms with Crippen molar-refractivity contribution in [2.45, 2.75) is 31.4 Å². The van der Waals surface area contributed by atoms with Crippen molar-refractivity contribution in [2.75, 3.05) is 0 Å². The summed E-state index contributed by atoms with van der Waals surface area (Å²) in [7, 11) is 0. The summed E-state index contributed by atoms with van der Waals surface area (Å²) < 4.78 is 37.7. The monoisotopic (exact) mass is 243 g/mol. The standard InChI is InChI=1S/C12H12F3NO/c1-8(16-17)11(5-6-11)9-3-2-4-10(7-9)12(13,14)15/h2-4,7,17H,5-6H2,1H3. The van der Waals surface area contributed by atoms with Gasteiger partial charge in [-0.05, 0) is 31.4 Å². The van der Waals surface area contributed by atoms with Crippen LogP contribution in [0.2, 0.25) is 0 Å². The first-order valence-electron chi connectivity index (χ1n) is 5.27. The Bertz CT molecular complexity index is 461. The molecule has 0 bridgehead atoms. The van der Waals surface area contributed by atoms with Crippen LogP contribution in [0, 0.1) is 0 Å². The van der Waals surface area contributed by atoms with E-state index in [1.807, 2.05) is 0 Å². The van der Waals surface area contributed by atoms with E-state index in [0.717, 1.165) is 25.0 Å². The lowest BCUT2D eigenvalue weighted by Crippen LogP contribution is -2.18. The van der Waals surface area contributed by atoms with Crippen LogP contribution >= 0.6 is 0 Å². The molecule has 0 heterocycles. The van der Waals surface area contributed by atoms with Gasteiger partial charge in [-0.25, -0.2) is 0 Å². The smallest absolute Gasteiger partial charge is 0.411 e. The van der Waals surface area contributed by atoms with Crippen LogP contribution < -0.4 is 0 Å². The first-order valence-corrected chi connectivity index (χ1v) is 5.27. The molecule has 0 aliphatic heterocycles. The molecule has 1 aliphatic rings. The molecule has 0 radical (unpaired) electrons. The van der Waals surface area contributed by atoms with Gasteiger partial charge in [0.25, 0.3) is 0 Å². The van der Waals surface area contributed by atoms with E-state index < -0.39 is 17.2 Å². The van der Waals surface area contributed by atoms with Gasteiger partial charge in [0.2, 0.25) is 0 Å². The molecular weight excluding hydrogens is 231 g/mol. The summed E-state index contributed by atoms with van der Waals surface area (Å²) in [6, 6.07) is 5.23. The number of alkyl halides is 3. The van der Waals surface area contributed by atoms with E-state index in [9.17, 15) is 13.2 Å². The van der Waals surface area contributed by atoms with E-state index in [2.05, 4.69) is 5.16 Å². The van der Waals surface area contributed by atoms with Crippen molar-refractivity contribution in [1.82, 2.24) is 0 Å². The zero-order chi connectivity index (χ0) is 12.7. The predicted molar refractivity (Wildman–Crippen MR) is 57.3 cm³/mol. The minimum Gasteiger partial charge on any atom is -0.411 e. The lowest BCUT2D eigenvalue weighted by atomic mass is 9.90. The van der Waals surface area contributed by atoms with Gasteiger partial charge in [-0.2, -0.15) is 13.2 Å². The van der Waals surface area contributed by atoms with Gasteiger partial charge in [0.05, 0.1) is 11.3 Å². The van der Waals surface area contributed by atoms with E-state index >= 15 is 0 Å². The Hall–Kier alpha value is -1.52. The topological polar surface area (TPSA) is 32.6 Å². The van der Waals surface area contributed by atoms with Crippen LogP contribution in [0.25, 0.3) is 0 Å². The summed E-state index contributed by atoms with van der Waals surface area (Å²) in [5.74, 6) is 0. The maximum atomic E-state index is 12.6. The third-order valence-corrected chi connectivity index (χ3v) is 3.34. The lowest BCUT2D eigenvalue weighted by Gasteiger charge is -2.16.